The molecule has 0 radical (unpaired) electrons. The van der Waals surface area contributed by atoms with Gasteiger partial charge >= 0.3 is 0 Å². The third-order valence-corrected chi connectivity index (χ3v) is 8.94. The van der Waals surface area contributed by atoms with E-state index in [1.54, 1.807) is 10.6 Å². The molecule has 1 amide bonds. The van der Waals surface area contributed by atoms with Crippen LogP contribution in [0.2, 0.25) is 0 Å². The molecule has 36 heavy (non-hydrogen) atoms. The number of aliphatic hydroxyl groups excluding tert-OH is 1. The van der Waals surface area contributed by atoms with E-state index in [0.29, 0.717) is 12.3 Å². The number of amides is 1. The van der Waals surface area contributed by atoms with Crippen LogP contribution >= 0.6 is 0 Å². The van der Waals surface area contributed by atoms with Crippen LogP contribution in [0.15, 0.2) is 35.1 Å². The molecule has 2 aliphatic heterocycles. The molecule has 2 bridgehead atoms. The summed E-state index contributed by atoms with van der Waals surface area (Å²) in [5.41, 5.74) is 0.716. The average molecular weight is 519 g/mol. The number of carbonyl (C=O) groups is 1. The van der Waals surface area contributed by atoms with Crippen LogP contribution in [-0.4, -0.2) is 72.4 Å². The van der Waals surface area contributed by atoms with Crippen LogP contribution in [0.5, 0.6) is 0 Å². The highest BCUT2D eigenvalue weighted by Crippen LogP contribution is 2.35. The van der Waals surface area contributed by atoms with E-state index >= 15 is 0 Å². The Morgan fingerprint density at radius 3 is 2.67 bits per heavy atom. The maximum atomic E-state index is 13.2. The van der Waals surface area contributed by atoms with Crippen LogP contribution in [0.25, 0.3) is 10.9 Å². The average Bonchev–Trinajstić information content (AvgIpc) is 3.09. The summed E-state index contributed by atoms with van der Waals surface area (Å²) < 4.78 is 26.0. The zero-order valence-corrected chi connectivity index (χ0v) is 22.3. The van der Waals surface area contributed by atoms with E-state index in [-0.39, 0.29) is 47.7 Å². The fourth-order valence-electron chi connectivity index (χ4n) is 5.80. The molecule has 0 spiro atoms. The van der Waals surface area contributed by atoms with Crippen molar-refractivity contribution in [2.24, 2.45) is 5.92 Å². The number of hydrogen-bond acceptors (Lipinski definition) is 6. The molecule has 1 aromatic carbocycles. The smallest absolute Gasteiger partial charge is 0.264 e. The van der Waals surface area contributed by atoms with Crippen LogP contribution < -0.4 is 16.2 Å². The van der Waals surface area contributed by atoms with Crippen LogP contribution in [0.3, 0.4) is 0 Å². The van der Waals surface area contributed by atoms with E-state index in [4.69, 9.17) is 0 Å². The number of nitrogens with one attached hydrogen (secondary N) is 2. The van der Waals surface area contributed by atoms with Crippen molar-refractivity contribution in [2.45, 2.75) is 76.2 Å². The number of pyridine rings is 1. The first-order chi connectivity index (χ1) is 16.9. The molecule has 2 aliphatic rings. The number of carbonyl (C=O) groups excluding carboxylic acids is 1. The minimum Gasteiger partial charge on any atom is -0.392 e. The molecule has 0 aliphatic carbocycles. The number of benzene rings is 1. The lowest BCUT2D eigenvalue weighted by Gasteiger charge is -2.31. The minimum atomic E-state index is -3.32. The van der Waals surface area contributed by atoms with Gasteiger partial charge in [-0.1, -0.05) is 18.2 Å². The standard InChI is InChI=1S/C26H38N4O5S/c1-16(2)30-24-8-6-5-7-18(24)12-22(26(30)33)25(32)28-20-13-19-11-17(23(14-20)27-19)9-10-21(31)15-29(3)36(4,34)35/h5-8,12,16-17,19-21,23,27,31H,9-11,13-15H2,1-4H3,(H,28,32)/t17?,19-,20+,21-,23-/m1/s1. The van der Waals surface area contributed by atoms with Crippen molar-refractivity contribution in [1.29, 1.82) is 0 Å². The summed E-state index contributed by atoms with van der Waals surface area (Å²) in [5.74, 6) is 0.0242. The monoisotopic (exact) mass is 518 g/mol. The number of likely N-dealkylation sites (N-methyl/N-ethyl adjacent to an activating group) is 1. The Balaban J connectivity index is 1.39. The second-order valence-corrected chi connectivity index (χ2v) is 12.9. The Labute approximate surface area is 212 Å². The van der Waals surface area contributed by atoms with Crippen molar-refractivity contribution in [3.05, 3.63) is 46.2 Å². The maximum absolute atomic E-state index is 13.2. The zero-order chi connectivity index (χ0) is 26.2. The first kappa shape index (κ1) is 26.8. The fraction of sp³-hybridized carbons (Fsp3) is 0.615. The molecule has 1 aromatic heterocycles. The molecule has 3 N–H and O–H groups in total. The van der Waals surface area contributed by atoms with Gasteiger partial charge in [0.1, 0.15) is 5.56 Å². The van der Waals surface area contributed by atoms with E-state index in [2.05, 4.69) is 10.6 Å². The zero-order valence-electron chi connectivity index (χ0n) is 21.5. The fourth-order valence-corrected chi connectivity index (χ4v) is 6.24. The van der Waals surface area contributed by atoms with E-state index in [9.17, 15) is 23.1 Å². The van der Waals surface area contributed by atoms with Crippen LogP contribution in [-0.2, 0) is 10.0 Å². The lowest BCUT2D eigenvalue weighted by atomic mass is 9.91. The molecule has 5 atom stereocenters. The topological polar surface area (TPSA) is 121 Å². The lowest BCUT2D eigenvalue weighted by molar-refractivity contribution is 0.0920. The van der Waals surface area contributed by atoms with Crippen molar-refractivity contribution in [2.75, 3.05) is 19.8 Å². The Hall–Kier alpha value is -2.27. The van der Waals surface area contributed by atoms with Crippen LogP contribution in [0.1, 0.15) is 62.4 Å². The van der Waals surface area contributed by atoms with Crippen LogP contribution in [0, 0.1) is 5.92 Å². The van der Waals surface area contributed by atoms with Gasteiger partial charge in [0.15, 0.2) is 0 Å². The molecule has 3 heterocycles. The number of fused-ring (bicyclic) bond motifs is 3. The summed E-state index contributed by atoms with van der Waals surface area (Å²) in [6.45, 7) is 3.97. The van der Waals surface area contributed by atoms with Gasteiger partial charge < -0.3 is 20.3 Å². The highest BCUT2D eigenvalue weighted by atomic mass is 32.2. The second kappa shape index (κ2) is 10.6. The molecule has 198 valence electrons. The van der Waals surface area contributed by atoms with Crippen molar-refractivity contribution < 1.29 is 18.3 Å². The molecule has 4 rings (SSSR count). The summed E-state index contributed by atoms with van der Waals surface area (Å²) in [5, 5.41) is 17.9. The predicted molar refractivity (Wildman–Crippen MR) is 141 cm³/mol. The van der Waals surface area contributed by atoms with E-state index in [0.717, 1.165) is 42.8 Å². The molecule has 1 unspecified atom stereocenters. The Bertz CT molecular complexity index is 1270. The Morgan fingerprint density at radius 2 is 1.97 bits per heavy atom. The first-order valence-corrected chi connectivity index (χ1v) is 14.6. The van der Waals surface area contributed by atoms with Gasteiger partial charge in [-0.05, 0) is 69.4 Å². The second-order valence-electron chi connectivity index (χ2n) is 10.8. The predicted octanol–water partition coefficient (Wildman–Crippen LogP) is 1.85. The maximum Gasteiger partial charge on any atom is 0.264 e. The Kier molecular flexibility index (Phi) is 7.89. The van der Waals surface area contributed by atoms with Gasteiger partial charge in [-0.25, -0.2) is 12.7 Å². The number of nitrogens with zero attached hydrogens (tertiary/aromatic N) is 2. The third-order valence-electron chi connectivity index (χ3n) is 7.66. The normalized spacial score (nSPS) is 25.0. The van der Waals surface area contributed by atoms with Gasteiger partial charge in [-0.3, -0.25) is 9.59 Å². The molecule has 10 heteroatoms. The van der Waals surface area contributed by atoms with Gasteiger partial charge in [-0.2, -0.15) is 0 Å². The number of hydrogen-bond donors (Lipinski definition) is 3. The van der Waals surface area contributed by atoms with Crippen LogP contribution in [0.4, 0.5) is 0 Å². The first-order valence-electron chi connectivity index (χ1n) is 12.7. The SMILES string of the molecule is CC(C)n1c(=O)c(C(=O)N[C@H]2C[C@H]3CC(CC[C@@H](O)CN(C)S(C)(=O)=O)[C@@H](C2)N3)cc2ccccc21. The van der Waals surface area contributed by atoms with E-state index < -0.39 is 16.1 Å². The largest absolute Gasteiger partial charge is 0.392 e. The third kappa shape index (κ3) is 5.82. The highest BCUT2D eigenvalue weighted by Gasteiger charge is 2.41. The molecular weight excluding hydrogens is 480 g/mol. The number of aliphatic hydroxyl groups is 1. The van der Waals surface area contributed by atoms with Crippen molar-refractivity contribution >= 4 is 26.8 Å². The summed E-state index contributed by atoms with van der Waals surface area (Å²) in [7, 11) is -1.84. The van der Waals surface area contributed by atoms with Crippen molar-refractivity contribution in [3.8, 4) is 0 Å². The van der Waals surface area contributed by atoms with Gasteiger partial charge in [-0.15, -0.1) is 0 Å². The van der Waals surface area contributed by atoms with E-state index in [1.165, 1.54) is 11.4 Å². The highest BCUT2D eigenvalue weighted by molar-refractivity contribution is 7.88. The number of piperidine rings is 1. The van der Waals surface area contributed by atoms with Crippen molar-refractivity contribution in [1.82, 2.24) is 19.5 Å². The van der Waals surface area contributed by atoms with E-state index in [1.807, 2.05) is 38.1 Å². The summed E-state index contributed by atoms with van der Waals surface area (Å²) >= 11 is 0. The molecular formula is C26H38N4O5S. The van der Waals surface area contributed by atoms with Gasteiger partial charge in [0, 0.05) is 37.8 Å². The quantitative estimate of drug-likeness (QED) is 0.466. The molecule has 2 aromatic rings. The molecule has 0 saturated carbocycles. The molecule has 2 fully saturated rings. The Morgan fingerprint density at radius 1 is 1.25 bits per heavy atom. The van der Waals surface area contributed by atoms with Crippen molar-refractivity contribution in [3.63, 3.8) is 0 Å². The summed E-state index contributed by atoms with van der Waals surface area (Å²) in [6.07, 6.45) is 4.25. The number of aromatic nitrogens is 1. The summed E-state index contributed by atoms with van der Waals surface area (Å²) in [6, 6.07) is 9.71. The molecule has 9 nitrogen and oxygen atoms in total. The number of para-hydroxylation sites is 1. The van der Waals surface area contributed by atoms with Gasteiger partial charge in [0.2, 0.25) is 10.0 Å². The summed E-state index contributed by atoms with van der Waals surface area (Å²) in [4.78, 5) is 26.4. The van der Waals surface area contributed by atoms with Gasteiger partial charge in [0.05, 0.1) is 17.9 Å². The number of rotatable bonds is 9. The lowest BCUT2D eigenvalue weighted by Crippen LogP contribution is -2.49. The molecule has 2 saturated heterocycles. The number of sulfonamides is 1. The minimum absolute atomic E-state index is 0.0292. The van der Waals surface area contributed by atoms with Gasteiger partial charge in [0.25, 0.3) is 11.5 Å².